The fourth-order valence-electron chi connectivity index (χ4n) is 1.04. The molecular formula is C8H17NO2. The molecule has 1 amide bonds. The van der Waals surface area contributed by atoms with Crippen LogP contribution >= 0.6 is 0 Å². The van der Waals surface area contributed by atoms with Crippen LogP contribution in [0.3, 0.4) is 0 Å². The monoisotopic (exact) mass is 159 g/mol. The van der Waals surface area contributed by atoms with Crippen LogP contribution in [-0.4, -0.2) is 22.7 Å². The van der Waals surface area contributed by atoms with Crippen LogP contribution in [0.5, 0.6) is 0 Å². The van der Waals surface area contributed by atoms with Crippen LogP contribution in [0, 0.1) is 5.92 Å². The van der Waals surface area contributed by atoms with Gasteiger partial charge in [-0.15, -0.1) is 0 Å². The molecule has 11 heavy (non-hydrogen) atoms. The number of hydrogen-bond acceptors (Lipinski definition) is 2. The van der Waals surface area contributed by atoms with E-state index in [0.717, 1.165) is 17.9 Å². The van der Waals surface area contributed by atoms with Crippen molar-refractivity contribution in [1.29, 1.82) is 0 Å². The Labute approximate surface area is 68.0 Å². The Morgan fingerprint density at radius 2 is 2.09 bits per heavy atom. The molecule has 1 rings (SSSR count). The van der Waals surface area contributed by atoms with Gasteiger partial charge in [-0.05, 0) is 12.8 Å². The molecule has 1 aliphatic rings. The Morgan fingerprint density at radius 3 is 2.45 bits per heavy atom. The first-order valence-electron chi connectivity index (χ1n) is 4.22. The lowest BCUT2D eigenvalue weighted by molar-refractivity contribution is -0.175. The molecule has 1 unspecified atom stereocenters. The van der Waals surface area contributed by atoms with Crippen LogP contribution in [0.4, 0.5) is 0 Å². The fourth-order valence-corrected chi connectivity index (χ4v) is 1.04. The van der Waals surface area contributed by atoms with Crippen LogP contribution in [-0.2, 0) is 4.79 Å². The van der Waals surface area contributed by atoms with E-state index in [9.17, 15) is 4.79 Å². The first kappa shape index (κ1) is 10.4. The minimum atomic E-state index is -0.138. The van der Waals surface area contributed by atoms with Crippen molar-refractivity contribution in [2.45, 2.75) is 33.6 Å². The summed E-state index contributed by atoms with van der Waals surface area (Å²) in [7, 11) is 0. The predicted molar refractivity (Wildman–Crippen MR) is 43.2 cm³/mol. The van der Waals surface area contributed by atoms with E-state index in [0.29, 0.717) is 6.54 Å². The molecule has 1 aliphatic heterocycles. The summed E-state index contributed by atoms with van der Waals surface area (Å²) < 4.78 is 0. The lowest BCUT2D eigenvalue weighted by atomic mass is 10.0. The van der Waals surface area contributed by atoms with Gasteiger partial charge in [0.25, 0.3) is 0 Å². The highest BCUT2D eigenvalue weighted by molar-refractivity contribution is 5.77. The van der Waals surface area contributed by atoms with Gasteiger partial charge in [0.2, 0.25) is 5.91 Å². The molecule has 1 fully saturated rings. The maximum atomic E-state index is 10.8. The molecule has 66 valence electrons. The molecule has 0 saturated carbocycles. The van der Waals surface area contributed by atoms with Gasteiger partial charge >= 0.3 is 0 Å². The molecule has 0 aliphatic carbocycles. The summed E-state index contributed by atoms with van der Waals surface area (Å²) in [5, 5.41) is 9.65. The molecule has 1 heterocycles. The van der Waals surface area contributed by atoms with Gasteiger partial charge in [-0.2, -0.15) is 0 Å². The molecule has 3 heteroatoms. The van der Waals surface area contributed by atoms with Crippen molar-refractivity contribution in [2.24, 2.45) is 5.92 Å². The van der Waals surface area contributed by atoms with Crippen molar-refractivity contribution in [3.63, 3.8) is 0 Å². The number of hydrogen-bond donors (Lipinski definition) is 1. The molecule has 0 aromatic rings. The largest absolute Gasteiger partial charge is 0.286 e. The molecule has 0 aromatic carbocycles. The van der Waals surface area contributed by atoms with Crippen molar-refractivity contribution in [3.05, 3.63) is 0 Å². The van der Waals surface area contributed by atoms with Gasteiger partial charge in [-0.1, -0.05) is 20.8 Å². The highest BCUT2D eigenvalue weighted by Gasteiger charge is 2.23. The number of amides is 1. The minimum absolute atomic E-state index is 0.0174. The molecule has 0 bridgehead atoms. The summed E-state index contributed by atoms with van der Waals surface area (Å²) in [5.74, 6) is -0.120. The van der Waals surface area contributed by atoms with Gasteiger partial charge in [0, 0.05) is 12.5 Å². The van der Waals surface area contributed by atoms with Crippen LogP contribution < -0.4 is 0 Å². The van der Waals surface area contributed by atoms with E-state index in [1.54, 1.807) is 0 Å². The molecule has 1 saturated heterocycles. The Balaban J connectivity index is 0.000000461. The van der Waals surface area contributed by atoms with Crippen LogP contribution in [0.1, 0.15) is 33.6 Å². The molecule has 3 nitrogen and oxygen atoms in total. The summed E-state index contributed by atoms with van der Waals surface area (Å²) in [4.78, 5) is 10.8. The molecule has 0 radical (unpaired) electrons. The number of carbonyl (C=O) groups is 1. The van der Waals surface area contributed by atoms with Gasteiger partial charge in [0.1, 0.15) is 0 Å². The first-order chi connectivity index (χ1) is 5.22. The van der Waals surface area contributed by atoms with Gasteiger partial charge < -0.3 is 0 Å². The standard InChI is InChI=1S/C6H11NO2.C2H6/c1-5-3-2-4-7(9)6(5)8;1-2/h5,9H,2-4H2,1H3;1-2H3. The summed E-state index contributed by atoms with van der Waals surface area (Å²) in [6, 6.07) is 0. The zero-order chi connectivity index (χ0) is 8.85. The maximum Gasteiger partial charge on any atom is 0.248 e. The van der Waals surface area contributed by atoms with Crippen molar-refractivity contribution in [3.8, 4) is 0 Å². The Hall–Kier alpha value is -0.570. The van der Waals surface area contributed by atoms with E-state index >= 15 is 0 Å². The number of nitrogens with zero attached hydrogens (tertiary/aromatic N) is 1. The lowest BCUT2D eigenvalue weighted by Crippen LogP contribution is -2.37. The lowest BCUT2D eigenvalue weighted by Gasteiger charge is -2.24. The average molecular weight is 159 g/mol. The fraction of sp³-hybridized carbons (Fsp3) is 0.875. The minimum Gasteiger partial charge on any atom is -0.286 e. The molecular weight excluding hydrogens is 142 g/mol. The molecule has 0 aromatic heterocycles. The second-order valence-corrected chi connectivity index (χ2v) is 2.50. The third kappa shape index (κ3) is 2.89. The zero-order valence-corrected chi connectivity index (χ0v) is 7.50. The van der Waals surface area contributed by atoms with Gasteiger partial charge in [-0.3, -0.25) is 10.0 Å². The average Bonchev–Trinajstić information content (AvgIpc) is 2.04. The van der Waals surface area contributed by atoms with Crippen LogP contribution in [0.25, 0.3) is 0 Å². The third-order valence-corrected chi connectivity index (χ3v) is 1.68. The smallest absolute Gasteiger partial charge is 0.248 e. The Kier molecular flexibility index (Phi) is 4.86. The SMILES string of the molecule is CC.CC1CCCN(O)C1=O. The highest BCUT2D eigenvalue weighted by atomic mass is 16.5. The van der Waals surface area contributed by atoms with E-state index < -0.39 is 0 Å². The van der Waals surface area contributed by atoms with E-state index in [1.807, 2.05) is 20.8 Å². The van der Waals surface area contributed by atoms with Crippen molar-refractivity contribution in [2.75, 3.05) is 6.54 Å². The number of rotatable bonds is 0. The topological polar surface area (TPSA) is 40.5 Å². The summed E-state index contributed by atoms with van der Waals surface area (Å²) in [6.45, 7) is 6.34. The summed E-state index contributed by atoms with van der Waals surface area (Å²) in [6.07, 6.45) is 1.83. The van der Waals surface area contributed by atoms with E-state index in [-0.39, 0.29) is 11.8 Å². The molecule has 1 N–H and O–H groups in total. The molecule has 1 atom stereocenters. The number of hydroxylamine groups is 2. The number of piperidine rings is 1. The van der Waals surface area contributed by atoms with Crippen molar-refractivity contribution in [1.82, 2.24) is 5.06 Å². The second kappa shape index (κ2) is 5.13. The number of carbonyl (C=O) groups excluding carboxylic acids is 1. The second-order valence-electron chi connectivity index (χ2n) is 2.50. The normalized spacial score (nSPS) is 24.2. The van der Waals surface area contributed by atoms with Crippen molar-refractivity contribution >= 4 is 5.91 Å². The van der Waals surface area contributed by atoms with E-state index in [1.165, 1.54) is 0 Å². The van der Waals surface area contributed by atoms with Gasteiger partial charge in [0.05, 0.1) is 0 Å². The van der Waals surface area contributed by atoms with Crippen LogP contribution in [0.15, 0.2) is 0 Å². The van der Waals surface area contributed by atoms with Crippen LogP contribution in [0.2, 0.25) is 0 Å². The maximum absolute atomic E-state index is 10.8. The Morgan fingerprint density at radius 1 is 1.55 bits per heavy atom. The zero-order valence-electron chi connectivity index (χ0n) is 7.50. The van der Waals surface area contributed by atoms with E-state index in [2.05, 4.69) is 0 Å². The summed E-state index contributed by atoms with van der Waals surface area (Å²) >= 11 is 0. The van der Waals surface area contributed by atoms with Gasteiger partial charge in [0.15, 0.2) is 0 Å². The molecule has 0 spiro atoms. The third-order valence-electron chi connectivity index (χ3n) is 1.68. The summed E-state index contributed by atoms with van der Waals surface area (Å²) in [5.41, 5.74) is 0. The quantitative estimate of drug-likeness (QED) is 0.546. The Bertz CT molecular complexity index is 113. The van der Waals surface area contributed by atoms with Crippen molar-refractivity contribution < 1.29 is 10.0 Å². The first-order valence-corrected chi connectivity index (χ1v) is 4.22. The highest BCUT2D eigenvalue weighted by Crippen LogP contribution is 2.14. The predicted octanol–water partition coefficient (Wildman–Crippen LogP) is 1.66. The van der Waals surface area contributed by atoms with Gasteiger partial charge in [-0.25, -0.2) is 5.06 Å². The van der Waals surface area contributed by atoms with E-state index in [4.69, 9.17) is 5.21 Å².